The second-order valence-corrected chi connectivity index (χ2v) is 10.7. The summed E-state index contributed by atoms with van der Waals surface area (Å²) in [5.74, 6) is 0.621. The van der Waals surface area contributed by atoms with Gasteiger partial charge in [0.1, 0.15) is 0 Å². The van der Waals surface area contributed by atoms with Crippen LogP contribution in [-0.2, 0) is 16.4 Å². The van der Waals surface area contributed by atoms with Crippen LogP contribution in [0.5, 0.6) is 0 Å². The number of piperazine rings is 1. The number of aromatic nitrogens is 4. The van der Waals surface area contributed by atoms with Crippen LogP contribution in [0.2, 0.25) is 0 Å². The van der Waals surface area contributed by atoms with Crippen LogP contribution in [0.1, 0.15) is 5.56 Å². The zero-order valence-electron chi connectivity index (χ0n) is 19.8. The minimum atomic E-state index is -3.28. The smallest absolute Gasteiger partial charge is 0.267 e. The van der Waals surface area contributed by atoms with Crippen LogP contribution in [0.4, 0.5) is 5.69 Å². The predicted molar refractivity (Wildman–Crippen MR) is 139 cm³/mol. The van der Waals surface area contributed by atoms with E-state index in [1.165, 1.54) is 17.0 Å². The number of benzene rings is 2. The Morgan fingerprint density at radius 1 is 0.917 bits per heavy atom. The van der Waals surface area contributed by atoms with Gasteiger partial charge in [-0.1, -0.05) is 30.3 Å². The molecule has 0 atom stereocenters. The van der Waals surface area contributed by atoms with Gasteiger partial charge in [-0.2, -0.15) is 5.10 Å². The Kier molecular flexibility index (Phi) is 6.62. The molecule has 0 bridgehead atoms. The van der Waals surface area contributed by atoms with Crippen molar-refractivity contribution in [2.24, 2.45) is 0 Å². The van der Waals surface area contributed by atoms with E-state index in [4.69, 9.17) is 0 Å². The number of hydrogen-bond donors (Lipinski definition) is 1. The maximum Gasteiger partial charge on any atom is 0.267 e. The summed E-state index contributed by atoms with van der Waals surface area (Å²) in [4.78, 5) is 24.2. The third-order valence-electron chi connectivity index (χ3n) is 6.08. The molecule has 0 unspecified atom stereocenters. The third-order valence-corrected chi connectivity index (χ3v) is 7.21. The summed E-state index contributed by atoms with van der Waals surface area (Å²) in [5, 5.41) is 7.85. The molecular formula is C26H26N6O3S. The maximum absolute atomic E-state index is 12.5. The van der Waals surface area contributed by atoms with Gasteiger partial charge in [0.15, 0.2) is 15.7 Å². The van der Waals surface area contributed by atoms with Crippen molar-refractivity contribution in [2.45, 2.75) is 11.4 Å². The number of hydrogen-bond acceptors (Lipinski definition) is 8. The summed E-state index contributed by atoms with van der Waals surface area (Å²) in [6.45, 7) is 4.04. The van der Waals surface area contributed by atoms with Crippen molar-refractivity contribution in [3.8, 4) is 22.6 Å². The summed E-state index contributed by atoms with van der Waals surface area (Å²) in [6, 6.07) is 17.3. The van der Waals surface area contributed by atoms with Crippen LogP contribution in [-0.4, -0.2) is 60.6 Å². The summed E-state index contributed by atoms with van der Waals surface area (Å²) < 4.78 is 24.9. The van der Waals surface area contributed by atoms with E-state index in [-0.39, 0.29) is 17.0 Å². The summed E-state index contributed by atoms with van der Waals surface area (Å²) in [6.07, 6.45) is 4.87. The van der Waals surface area contributed by atoms with E-state index in [2.05, 4.69) is 25.3 Å². The van der Waals surface area contributed by atoms with Gasteiger partial charge in [-0.3, -0.25) is 4.79 Å². The standard InChI is InChI=1S/C26H26N6O3S/c1-36(34,35)23-7-5-20(6-8-23)24-9-10-25(33)32(30-24)18-19-3-2-4-21(15-19)26-28-16-22(17-29-26)31-13-11-27-12-14-31/h2-10,15-17,27H,11-14,18H2,1H3. The van der Waals surface area contributed by atoms with Crippen molar-refractivity contribution in [1.29, 1.82) is 0 Å². The van der Waals surface area contributed by atoms with Gasteiger partial charge >= 0.3 is 0 Å². The van der Waals surface area contributed by atoms with Crippen LogP contribution in [0.3, 0.4) is 0 Å². The molecule has 0 amide bonds. The fourth-order valence-corrected chi connectivity index (χ4v) is 4.76. The molecule has 0 spiro atoms. The van der Waals surface area contributed by atoms with E-state index >= 15 is 0 Å². The Morgan fingerprint density at radius 3 is 2.33 bits per heavy atom. The Labute approximate surface area is 209 Å². The fourth-order valence-electron chi connectivity index (χ4n) is 4.13. The average Bonchev–Trinajstić information content (AvgIpc) is 2.90. The van der Waals surface area contributed by atoms with E-state index in [9.17, 15) is 13.2 Å². The monoisotopic (exact) mass is 502 g/mol. The second kappa shape index (κ2) is 10.00. The van der Waals surface area contributed by atoms with Gasteiger partial charge in [0.25, 0.3) is 5.56 Å². The molecule has 4 aromatic rings. The lowest BCUT2D eigenvalue weighted by molar-refractivity contribution is 0.588. The molecule has 1 aliphatic rings. The van der Waals surface area contributed by atoms with Gasteiger partial charge in [0.2, 0.25) is 0 Å². The lowest BCUT2D eigenvalue weighted by Crippen LogP contribution is -2.43. The Hall–Kier alpha value is -3.89. The molecule has 184 valence electrons. The van der Waals surface area contributed by atoms with E-state index in [1.807, 2.05) is 36.7 Å². The zero-order chi connectivity index (χ0) is 25.1. The predicted octanol–water partition coefficient (Wildman–Crippen LogP) is 2.23. The highest BCUT2D eigenvalue weighted by molar-refractivity contribution is 7.90. The molecule has 9 nitrogen and oxygen atoms in total. The Bertz CT molecular complexity index is 1530. The Morgan fingerprint density at radius 2 is 1.64 bits per heavy atom. The van der Waals surface area contributed by atoms with Gasteiger partial charge in [-0.15, -0.1) is 0 Å². The van der Waals surface area contributed by atoms with Gasteiger partial charge < -0.3 is 10.2 Å². The normalized spacial score (nSPS) is 14.1. The molecular weight excluding hydrogens is 476 g/mol. The highest BCUT2D eigenvalue weighted by Crippen LogP contribution is 2.21. The van der Waals surface area contributed by atoms with Crippen molar-refractivity contribution >= 4 is 15.5 Å². The minimum absolute atomic E-state index is 0.228. The molecule has 2 aromatic heterocycles. The van der Waals surface area contributed by atoms with Crippen LogP contribution >= 0.6 is 0 Å². The Balaban J connectivity index is 1.36. The van der Waals surface area contributed by atoms with Crippen molar-refractivity contribution in [2.75, 3.05) is 37.3 Å². The maximum atomic E-state index is 12.5. The van der Waals surface area contributed by atoms with E-state index in [0.29, 0.717) is 11.5 Å². The molecule has 0 radical (unpaired) electrons. The van der Waals surface area contributed by atoms with Crippen LogP contribution in [0.25, 0.3) is 22.6 Å². The molecule has 1 fully saturated rings. The quantitative estimate of drug-likeness (QED) is 0.428. The first kappa shape index (κ1) is 23.8. The average molecular weight is 503 g/mol. The molecule has 2 aromatic carbocycles. The molecule has 1 aliphatic heterocycles. The first-order valence-electron chi connectivity index (χ1n) is 11.6. The van der Waals surface area contributed by atoms with Crippen molar-refractivity contribution in [1.82, 2.24) is 25.1 Å². The summed E-state index contributed by atoms with van der Waals surface area (Å²) in [7, 11) is -3.28. The molecule has 1 saturated heterocycles. The SMILES string of the molecule is CS(=O)(=O)c1ccc(-c2ccc(=O)n(Cc3cccc(-c4ncc(N5CCNCC5)cn4)c3)n2)cc1. The van der Waals surface area contributed by atoms with E-state index in [0.717, 1.165) is 48.6 Å². The van der Waals surface area contributed by atoms with Crippen LogP contribution < -0.4 is 15.8 Å². The third kappa shape index (κ3) is 5.34. The lowest BCUT2D eigenvalue weighted by Gasteiger charge is -2.28. The van der Waals surface area contributed by atoms with Gasteiger partial charge in [0.05, 0.1) is 35.2 Å². The first-order valence-corrected chi connectivity index (χ1v) is 13.5. The number of sulfone groups is 1. The second-order valence-electron chi connectivity index (χ2n) is 8.71. The number of nitrogens with zero attached hydrogens (tertiary/aromatic N) is 5. The largest absolute Gasteiger partial charge is 0.366 e. The van der Waals surface area contributed by atoms with Gasteiger partial charge in [0, 0.05) is 49.6 Å². The van der Waals surface area contributed by atoms with Crippen LogP contribution in [0, 0.1) is 0 Å². The van der Waals surface area contributed by atoms with Gasteiger partial charge in [-0.05, 0) is 29.8 Å². The molecule has 0 aliphatic carbocycles. The highest BCUT2D eigenvalue weighted by Gasteiger charge is 2.13. The summed E-state index contributed by atoms with van der Waals surface area (Å²) in [5.41, 5.74) is 3.84. The molecule has 1 N–H and O–H groups in total. The van der Waals surface area contributed by atoms with Crippen LogP contribution in [0.15, 0.2) is 82.7 Å². The van der Waals surface area contributed by atoms with Crippen molar-refractivity contribution in [3.05, 3.63) is 89.0 Å². The fraction of sp³-hybridized carbons (Fsp3) is 0.231. The lowest BCUT2D eigenvalue weighted by atomic mass is 10.1. The highest BCUT2D eigenvalue weighted by atomic mass is 32.2. The van der Waals surface area contributed by atoms with Crippen molar-refractivity contribution in [3.63, 3.8) is 0 Å². The zero-order valence-corrected chi connectivity index (χ0v) is 20.6. The topological polar surface area (TPSA) is 110 Å². The number of nitrogens with one attached hydrogen (secondary N) is 1. The first-order chi connectivity index (χ1) is 17.4. The molecule has 5 rings (SSSR count). The van der Waals surface area contributed by atoms with E-state index < -0.39 is 9.84 Å². The molecule has 0 saturated carbocycles. The summed E-state index contributed by atoms with van der Waals surface area (Å²) >= 11 is 0. The number of anilines is 1. The van der Waals surface area contributed by atoms with Crippen molar-refractivity contribution < 1.29 is 8.42 Å². The number of rotatable bonds is 6. The minimum Gasteiger partial charge on any atom is -0.366 e. The van der Waals surface area contributed by atoms with E-state index in [1.54, 1.807) is 30.3 Å². The molecule has 10 heteroatoms. The van der Waals surface area contributed by atoms with Gasteiger partial charge in [-0.25, -0.2) is 23.1 Å². The molecule has 3 heterocycles. The molecule has 36 heavy (non-hydrogen) atoms.